The van der Waals surface area contributed by atoms with E-state index in [0.717, 1.165) is 0 Å². The van der Waals surface area contributed by atoms with E-state index in [1.807, 2.05) is 34.6 Å². The van der Waals surface area contributed by atoms with Gasteiger partial charge in [0.15, 0.2) is 5.76 Å². The SMILES string of the molecule is Cc1noc(C(C)C)c1C(=O)NOC(C)(C)C. The minimum Gasteiger partial charge on any atom is -0.360 e. The summed E-state index contributed by atoms with van der Waals surface area (Å²) in [6.45, 7) is 11.2. The molecule has 0 aromatic carbocycles. The van der Waals surface area contributed by atoms with Gasteiger partial charge in [-0.1, -0.05) is 19.0 Å². The lowest BCUT2D eigenvalue weighted by Gasteiger charge is -2.19. The first-order valence-electron chi connectivity index (χ1n) is 5.67. The van der Waals surface area contributed by atoms with Gasteiger partial charge in [0.05, 0.1) is 11.3 Å². The van der Waals surface area contributed by atoms with E-state index in [4.69, 9.17) is 9.36 Å². The number of carbonyl (C=O) groups excluding carboxylic acids is 1. The molecule has 0 unspecified atom stereocenters. The van der Waals surface area contributed by atoms with Gasteiger partial charge in [-0.05, 0) is 27.7 Å². The molecule has 1 heterocycles. The molecule has 5 heteroatoms. The summed E-state index contributed by atoms with van der Waals surface area (Å²) in [5, 5.41) is 3.81. The number of hydroxylamine groups is 1. The molecule has 1 amide bonds. The van der Waals surface area contributed by atoms with Crippen molar-refractivity contribution in [2.75, 3.05) is 0 Å². The smallest absolute Gasteiger partial charge is 0.280 e. The second kappa shape index (κ2) is 4.87. The molecule has 0 radical (unpaired) electrons. The number of aromatic nitrogens is 1. The Kier molecular flexibility index (Phi) is 3.93. The zero-order chi connectivity index (χ0) is 13.2. The van der Waals surface area contributed by atoms with Crippen LogP contribution in [0.15, 0.2) is 4.52 Å². The van der Waals surface area contributed by atoms with Crippen LogP contribution in [-0.2, 0) is 4.84 Å². The second-order valence-corrected chi connectivity index (χ2v) is 5.31. The molecule has 0 aliphatic heterocycles. The van der Waals surface area contributed by atoms with E-state index >= 15 is 0 Å². The molecule has 0 atom stereocenters. The minimum absolute atomic E-state index is 0.103. The van der Waals surface area contributed by atoms with E-state index in [-0.39, 0.29) is 11.8 Å². The number of aryl methyl sites for hydroxylation is 1. The molecule has 1 rings (SSSR count). The number of carbonyl (C=O) groups is 1. The van der Waals surface area contributed by atoms with E-state index in [1.54, 1.807) is 6.92 Å². The van der Waals surface area contributed by atoms with Gasteiger partial charge in [-0.3, -0.25) is 9.63 Å². The van der Waals surface area contributed by atoms with Crippen molar-refractivity contribution >= 4 is 5.91 Å². The highest BCUT2D eigenvalue weighted by Gasteiger charge is 2.24. The van der Waals surface area contributed by atoms with Crippen molar-refractivity contribution < 1.29 is 14.2 Å². The first-order valence-corrected chi connectivity index (χ1v) is 5.67. The summed E-state index contributed by atoms with van der Waals surface area (Å²) in [7, 11) is 0. The van der Waals surface area contributed by atoms with Crippen molar-refractivity contribution in [2.45, 2.75) is 53.1 Å². The third-order valence-electron chi connectivity index (χ3n) is 2.09. The Morgan fingerprint density at radius 2 is 2.00 bits per heavy atom. The monoisotopic (exact) mass is 240 g/mol. The van der Waals surface area contributed by atoms with Crippen LogP contribution in [0.4, 0.5) is 0 Å². The number of rotatable bonds is 3. The lowest BCUT2D eigenvalue weighted by molar-refractivity contribution is -0.0590. The van der Waals surface area contributed by atoms with Crippen LogP contribution in [0, 0.1) is 6.92 Å². The quantitative estimate of drug-likeness (QED) is 0.825. The maximum Gasteiger partial charge on any atom is 0.280 e. The highest BCUT2D eigenvalue weighted by atomic mass is 16.7. The number of nitrogens with one attached hydrogen (secondary N) is 1. The second-order valence-electron chi connectivity index (χ2n) is 5.31. The summed E-state index contributed by atoms with van der Waals surface area (Å²) in [5.41, 5.74) is 3.03. The van der Waals surface area contributed by atoms with Crippen LogP contribution in [0.25, 0.3) is 0 Å². The van der Waals surface area contributed by atoms with Crippen molar-refractivity contribution in [3.05, 3.63) is 17.0 Å². The molecule has 1 aromatic rings. The minimum atomic E-state index is -0.432. The molecule has 0 aliphatic rings. The van der Waals surface area contributed by atoms with Crippen molar-refractivity contribution in [3.63, 3.8) is 0 Å². The van der Waals surface area contributed by atoms with E-state index in [0.29, 0.717) is 17.0 Å². The molecule has 5 nitrogen and oxygen atoms in total. The zero-order valence-electron chi connectivity index (χ0n) is 11.2. The zero-order valence-corrected chi connectivity index (χ0v) is 11.2. The predicted octanol–water partition coefficient (Wildman–Crippen LogP) is 2.57. The van der Waals surface area contributed by atoms with Gasteiger partial charge in [-0.2, -0.15) is 0 Å². The number of hydrogen-bond acceptors (Lipinski definition) is 4. The van der Waals surface area contributed by atoms with Crippen molar-refractivity contribution in [1.82, 2.24) is 10.6 Å². The Labute approximate surface area is 101 Å². The molecule has 0 spiro atoms. The van der Waals surface area contributed by atoms with Crippen LogP contribution in [0.2, 0.25) is 0 Å². The van der Waals surface area contributed by atoms with Crippen LogP contribution >= 0.6 is 0 Å². The highest BCUT2D eigenvalue weighted by Crippen LogP contribution is 2.22. The van der Waals surface area contributed by atoms with Crippen molar-refractivity contribution in [2.24, 2.45) is 0 Å². The summed E-state index contributed by atoms with van der Waals surface area (Å²) < 4.78 is 5.14. The van der Waals surface area contributed by atoms with E-state index in [2.05, 4.69) is 10.6 Å². The lowest BCUT2D eigenvalue weighted by atomic mass is 10.1. The van der Waals surface area contributed by atoms with Gasteiger partial charge >= 0.3 is 0 Å². The molecule has 0 fully saturated rings. The van der Waals surface area contributed by atoms with Gasteiger partial charge in [0.1, 0.15) is 5.56 Å². The summed E-state index contributed by atoms with van der Waals surface area (Å²) in [5.74, 6) is 0.367. The van der Waals surface area contributed by atoms with Crippen molar-refractivity contribution in [1.29, 1.82) is 0 Å². The molecule has 0 saturated carbocycles. The Morgan fingerprint density at radius 3 is 2.47 bits per heavy atom. The number of nitrogens with zero attached hydrogens (tertiary/aromatic N) is 1. The van der Waals surface area contributed by atoms with Gasteiger partial charge in [-0.15, -0.1) is 0 Å². The fraction of sp³-hybridized carbons (Fsp3) is 0.667. The standard InChI is InChI=1S/C12H20N2O3/c1-7(2)10-9(8(3)13-16-10)11(15)14-17-12(4,5)6/h7H,1-6H3,(H,14,15). The van der Waals surface area contributed by atoms with Crippen LogP contribution in [0.3, 0.4) is 0 Å². The largest absolute Gasteiger partial charge is 0.360 e. The Hall–Kier alpha value is -1.36. The van der Waals surface area contributed by atoms with Crippen molar-refractivity contribution in [3.8, 4) is 0 Å². The summed E-state index contributed by atoms with van der Waals surface area (Å²) in [4.78, 5) is 17.2. The summed E-state index contributed by atoms with van der Waals surface area (Å²) in [6.07, 6.45) is 0. The molecule has 96 valence electrons. The third kappa shape index (κ3) is 3.56. The predicted molar refractivity (Wildman–Crippen MR) is 63.6 cm³/mol. The first kappa shape index (κ1) is 13.7. The molecule has 1 aromatic heterocycles. The average Bonchev–Trinajstić information content (AvgIpc) is 2.55. The van der Waals surface area contributed by atoms with E-state index < -0.39 is 5.60 Å². The van der Waals surface area contributed by atoms with Crippen LogP contribution in [-0.4, -0.2) is 16.7 Å². The van der Waals surface area contributed by atoms with Gasteiger partial charge in [0.25, 0.3) is 5.91 Å². The van der Waals surface area contributed by atoms with E-state index in [1.165, 1.54) is 0 Å². The third-order valence-corrected chi connectivity index (χ3v) is 2.09. The maximum atomic E-state index is 12.0. The van der Waals surface area contributed by atoms with Gasteiger partial charge in [0.2, 0.25) is 0 Å². The van der Waals surface area contributed by atoms with Crippen LogP contribution in [0.5, 0.6) is 0 Å². The first-order chi connectivity index (χ1) is 7.72. The lowest BCUT2D eigenvalue weighted by Crippen LogP contribution is -2.34. The molecule has 0 saturated heterocycles. The summed E-state index contributed by atoms with van der Waals surface area (Å²) in [6, 6.07) is 0. The summed E-state index contributed by atoms with van der Waals surface area (Å²) >= 11 is 0. The van der Waals surface area contributed by atoms with Gasteiger partial charge in [-0.25, -0.2) is 5.48 Å². The van der Waals surface area contributed by atoms with Gasteiger partial charge < -0.3 is 4.52 Å². The average molecular weight is 240 g/mol. The highest BCUT2D eigenvalue weighted by molar-refractivity contribution is 5.95. The fourth-order valence-corrected chi connectivity index (χ4v) is 1.31. The molecular formula is C12H20N2O3. The van der Waals surface area contributed by atoms with E-state index in [9.17, 15) is 4.79 Å². The number of hydrogen-bond donors (Lipinski definition) is 1. The molecule has 0 bridgehead atoms. The Balaban J connectivity index is 2.85. The molecule has 1 N–H and O–H groups in total. The van der Waals surface area contributed by atoms with Crippen LogP contribution < -0.4 is 5.48 Å². The molecule has 0 aliphatic carbocycles. The molecular weight excluding hydrogens is 220 g/mol. The normalized spacial score (nSPS) is 11.9. The van der Waals surface area contributed by atoms with Crippen LogP contribution in [0.1, 0.15) is 62.3 Å². The Bertz CT molecular complexity index is 402. The molecule has 17 heavy (non-hydrogen) atoms. The maximum absolute atomic E-state index is 12.0. The topological polar surface area (TPSA) is 64.4 Å². The Morgan fingerprint density at radius 1 is 1.41 bits per heavy atom. The fourth-order valence-electron chi connectivity index (χ4n) is 1.31. The van der Waals surface area contributed by atoms with Gasteiger partial charge in [0, 0.05) is 5.92 Å². The number of amides is 1.